The van der Waals surface area contributed by atoms with Crippen LogP contribution in [0.25, 0.3) is 0 Å². The second kappa shape index (κ2) is 5.35. The molecule has 1 N–H and O–H groups in total. The number of nitro groups is 1. The summed E-state index contributed by atoms with van der Waals surface area (Å²) in [5.74, 6) is 0. The van der Waals surface area contributed by atoms with Gasteiger partial charge in [-0.3, -0.25) is 10.1 Å². The lowest BCUT2D eigenvalue weighted by Crippen LogP contribution is -2.57. The van der Waals surface area contributed by atoms with Crippen molar-refractivity contribution < 1.29 is 4.92 Å². The Kier molecular flexibility index (Phi) is 3.81. The molecule has 0 radical (unpaired) electrons. The molecule has 1 aliphatic rings. The van der Waals surface area contributed by atoms with Gasteiger partial charge in [0, 0.05) is 37.5 Å². The first-order chi connectivity index (χ1) is 8.61. The highest BCUT2D eigenvalue weighted by Gasteiger charge is 2.25. The van der Waals surface area contributed by atoms with Crippen molar-refractivity contribution in [1.29, 1.82) is 0 Å². The van der Waals surface area contributed by atoms with Crippen LogP contribution in [0.5, 0.6) is 0 Å². The molecule has 0 bridgehead atoms. The van der Waals surface area contributed by atoms with Gasteiger partial charge in [-0.1, -0.05) is 6.92 Å². The van der Waals surface area contributed by atoms with E-state index in [4.69, 9.17) is 0 Å². The number of nitro benzene ring substituents is 1. The van der Waals surface area contributed by atoms with Crippen molar-refractivity contribution in [1.82, 2.24) is 5.32 Å². The highest BCUT2D eigenvalue weighted by atomic mass is 16.6. The summed E-state index contributed by atoms with van der Waals surface area (Å²) in [4.78, 5) is 12.9. The lowest BCUT2D eigenvalue weighted by atomic mass is 10.1. The van der Waals surface area contributed by atoms with E-state index >= 15 is 0 Å². The van der Waals surface area contributed by atoms with Gasteiger partial charge in [0.15, 0.2) is 0 Å². The van der Waals surface area contributed by atoms with Crippen LogP contribution in [-0.4, -0.2) is 30.6 Å². The fraction of sp³-hybridized carbons (Fsp3) is 0.538. The highest BCUT2D eigenvalue weighted by molar-refractivity contribution is 5.56. The molecule has 1 aromatic rings. The van der Waals surface area contributed by atoms with Crippen molar-refractivity contribution in [2.75, 3.05) is 24.5 Å². The van der Waals surface area contributed by atoms with Gasteiger partial charge in [-0.25, -0.2) is 0 Å². The second-order valence-corrected chi connectivity index (χ2v) is 4.79. The van der Waals surface area contributed by atoms with E-state index in [9.17, 15) is 10.1 Å². The van der Waals surface area contributed by atoms with E-state index in [1.54, 1.807) is 12.1 Å². The molecule has 18 heavy (non-hydrogen) atoms. The largest absolute Gasteiger partial charge is 0.366 e. The molecular formula is C13H19N3O2. The summed E-state index contributed by atoms with van der Waals surface area (Å²) in [6.45, 7) is 6.89. The molecule has 2 rings (SSSR count). The molecule has 0 unspecified atom stereocenters. The predicted molar refractivity (Wildman–Crippen MR) is 72.1 cm³/mol. The fourth-order valence-electron chi connectivity index (χ4n) is 2.27. The standard InChI is InChI=1S/C13H19N3O2/c1-3-4-15(13-8-14-9-13)11-5-10(2)6-12(7-11)16(17)18/h5-7,13-14H,3-4,8-9H2,1-2H3. The third-order valence-electron chi connectivity index (χ3n) is 3.25. The van der Waals surface area contributed by atoms with Crippen LogP contribution in [0.2, 0.25) is 0 Å². The van der Waals surface area contributed by atoms with Crippen LogP contribution >= 0.6 is 0 Å². The molecule has 1 heterocycles. The summed E-state index contributed by atoms with van der Waals surface area (Å²) < 4.78 is 0. The molecular weight excluding hydrogens is 230 g/mol. The van der Waals surface area contributed by atoms with Crippen LogP contribution in [0.4, 0.5) is 11.4 Å². The smallest absolute Gasteiger partial charge is 0.271 e. The van der Waals surface area contributed by atoms with Crippen LogP contribution in [0, 0.1) is 17.0 Å². The third kappa shape index (κ3) is 2.61. The molecule has 0 amide bonds. The van der Waals surface area contributed by atoms with Crippen molar-refractivity contribution in [3.63, 3.8) is 0 Å². The number of hydrogen-bond donors (Lipinski definition) is 1. The molecule has 0 aromatic heterocycles. The Morgan fingerprint density at radius 3 is 2.67 bits per heavy atom. The maximum absolute atomic E-state index is 10.9. The van der Waals surface area contributed by atoms with Gasteiger partial charge in [-0.15, -0.1) is 0 Å². The Bertz CT molecular complexity index is 444. The van der Waals surface area contributed by atoms with E-state index < -0.39 is 0 Å². The molecule has 5 heteroatoms. The summed E-state index contributed by atoms with van der Waals surface area (Å²) in [7, 11) is 0. The molecule has 1 saturated heterocycles. The van der Waals surface area contributed by atoms with E-state index in [2.05, 4.69) is 17.1 Å². The maximum atomic E-state index is 10.9. The normalized spacial score (nSPS) is 15.2. The minimum atomic E-state index is -0.320. The van der Waals surface area contributed by atoms with Crippen LogP contribution < -0.4 is 10.2 Å². The van der Waals surface area contributed by atoms with E-state index in [0.29, 0.717) is 6.04 Å². The summed E-state index contributed by atoms with van der Waals surface area (Å²) in [6.07, 6.45) is 1.04. The van der Waals surface area contributed by atoms with E-state index in [-0.39, 0.29) is 10.6 Å². The maximum Gasteiger partial charge on any atom is 0.271 e. The lowest BCUT2D eigenvalue weighted by molar-refractivity contribution is -0.384. The zero-order valence-electron chi connectivity index (χ0n) is 10.8. The first-order valence-electron chi connectivity index (χ1n) is 6.35. The van der Waals surface area contributed by atoms with Gasteiger partial charge >= 0.3 is 0 Å². The molecule has 1 aliphatic heterocycles. The van der Waals surface area contributed by atoms with Crippen molar-refractivity contribution >= 4 is 11.4 Å². The average molecular weight is 249 g/mol. The number of non-ortho nitro benzene ring substituents is 1. The van der Waals surface area contributed by atoms with Crippen LogP contribution in [-0.2, 0) is 0 Å². The minimum Gasteiger partial charge on any atom is -0.366 e. The minimum absolute atomic E-state index is 0.179. The third-order valence-corrected chi connectivity index (χ3v) is 3.25. The highest BCUT2D eigenvalue weighted by Crippen LogP contribution is 2.26. The van der Waals surface area contributed by atoms with Crippen LogP contribution in [0.3, 0.4) is 0 Å². The number of benzene rings is 1. The topological polar surface area (TPSA) is 58.4 Å². The monoisotopic (exact) mass is 249 g/mol. The van der Waals surface area contributed by atoms with Crippen molar-refractivity contribution in [2.24, 2.45) is 0 Å². The Labute approximate surface area is 107 Å². The molecule has 0 saturated carbocycles. The number of nitrogens with zero attached hydrogens (tertiary/aromatic N) is 2. The first-order valence-corrected chi connectivity index (χ1v) is 6.35. The summed E-state index contributed by atoms with van der Waals surface area (Å²) >= 11 is 0. The summed E-state index contributed by atoms with van der Waals surface area (Å²) in [5, 5.41) is 14.2. The number of nitrogens with one attached hydrogen (secondary N) is 1. The Balaban J connectivity index is 2.30. The van der Waals surface area contributed by atoms with Gasteiger partial charge < -0.3 is 10.2 Å². The van der Waals surface area contributed by atoms with E-state index in [1.165, 1.54) is 0 Å². The molecule has 5 nitrogen and oxygen atoms in total. The second-order valence-electron chi connectivity index (χ2n) is 4.79. The van der Waals surface area contributed by atoms with Gasteiger partial charge in [0.05, 0.1) is 11.0 Å². The summed E-state index contributed by atoms with van der Waals surface area (Å²) in [5.41, 5.74) is 2.08. The number of anilines is 1. The van der Waals surface area contributed by atoms with Gasteiger partial charge in [0.2, 0.25) is 0 Å². The van der Waals surface area contributed by atoms with Crippen LogP contribution in [0.15, 0.2) is 18.2 Å². The molecule has 0 atom stereocenters. The average Bonchev–Trinajstić information content (AvgIpc) is 2.25. The summed E-state index contributed by atoms with van der Waals surface area (Å²) in [6, 6.07) is 5.79. The predicted octanol–water partition coefficient (Wildman–Crippen LogP) is 2.09. The zero-order valence-corrected chi connectivity index (χ0v) is 10.8. The van der Waals surface area contributed by atoms with Crippen LogP contribution in [0.1, 0.15) is 18.9 Å². The molecule has 0 aliphatic carbocycles. The van der Waals surface area contributed by atoms with Gasteiger partial charge in [-0.05, 0) is 25.0 Å². The number of hydrogen-bond acceptors (Lipinski definition) is 4. The van der Waals surface area contributed by atoms with E-state index in [1.807, 2.05) is 13.0 Å². The fourth-order valence-corrected chi connectivity index (χ4v) is 2.27. The molecule has 1 aromatic carbocycles. The first kappa shape index (κ1) is 12.8. The lowest BCUT2D eigenvalue weighted by Gasteiger charge is -2.39. The van der Waals surface area contributed by atoms with Gasteiger partial charge in [0.1, 0.15) is 0 Å². The Hall–Kier alpha value is -1.62. The van der Waals surface area contributed by atoms with Crippen molar-refractivity contribution in [2.45, 2.75) is 26.3 Å². The van der Waals surface area contributed by atoms with Crippen molar-refractivity contribution in [3.8, 4) is 0 Å². The van der Waals surface area contributed by atoms with Gasteiger partial charge in [0.25, 0.3) is 5.69 Å². The number of aryl methyl sites for hydroxylation is 1. The zero-order chi connectivity index (χ0) is 13.1. The quantitative estimate of drug-likeness (QED) is 0.641. The molecule has 1 fully saturated rings. The molecule has 98 valence electrons. The van der Waals surface area contributed by atoms with Gasteiger partial charge in [-0.2, -0.15) is 0 Å². The Morgan fingerprint density at radius 2 is 2.17 bits per heavy atom. The van der Waals surface area contributed by atoms with E-state index in [0.717, 1.165) is 37.3 Å². The number of rotatable bonds is 5. The molecule has 0 spiro atoms. The van der Waals surface area contributed by atoms with Crippen molar-refractivity contribution in [3.05, 3.63) is 33.9 Å². The SMILES string of the molecule is CCCN(c1cc(C)cc([N+](=O)[O-])c1)C1CNC1. The Morgan fingerprint density at radius 1 is 1.44 bits per heavy atom.